The minimum Gasteiger partial charge on any atom is -0.355 e. The van der Waals surface area contributed by atoms with E-state index in [1.165, 1.54) is 0 Å². The van der Waals surface area contributed by atoms with E-state index in [1.807, 2.05) is 19.2 Å². The summed E-state index contributed by atoms with van der Waals surface area (Å²) in [7, 11) is 2.01. The van der Waals surface area contributed by atoms with E-state index in [-0.39, 0.29) is 0 Å². The Kier molecular flexibility index (Phi) is 3.47. The second kappa shape index (κ2) is 4.40. The van der Waals surface area contributed by atoms with E-state index >= 15 is 0 Å². The van der Waals surface area contributed by atoms with Crippen molar-refractivity contribution in [1.29, 1.82) is 0 Å². The molecule has 1 aromatic heterocycles. The number of aromatic nitrogens is 2. The van der Waals surface area contributed by atoms with Crippen LogP contribution in [0.3, 0.4) is 0 Å². The van der Waals surface area contributed by atoms with Gasteiger partial charge in [0.25, 0.3) is 0 Å². The van der Waals surface area contributed by atoms with Crippen LogP contribution in [-0.4, -0.2) is 28.6 Å². The maximum Gasteiger partial charge on any atom is 0.151 e. The van der Waals surface area contributed by atoms with Gasteiger partial charge in [0.05, 0.1) is 0 Å². The summed E-state index contributed by atoms with van der Waals surface area (Å²) in [5.41, 5.74) is 0. The first kappa shape index (κ1) is 9.45. The van der Waals surface area contributed by atoms with Crippen LogP contribution in [0.25, 0.3) is 0 Å². The van der Waals surface area contributed by atoms with Crippen molar-refractivity contribution in [2.24, 2.45) is 0 Å². The molecule has 0 radical (unpaired) electrons. The van der Waals surface area contributed by atoms with Gasteiger partial charge < -0.3 is 4.90 Å². The molecule has 0 saturated heterocycles. The molecule has 0 spiro atoms. The zero-order valence-electron chi connectivity index (χ0n) is 7.24. The Hall–Kier alpha value is -0.640. The van der Waals surface area contributed by atoms with E-state index in [1.54, 1.807) is 6.20 Å². The maximum absolute atomic E-state index is 4.00. The summed E-state index contributed by atoms with van der Waals surface area (Å²) in [6.07, 6.45) is 1.68. The fourth-order valence-corrected chi connectivity index (χ4v) is 1.25. The van der Waals surface area contributed by atoms with E-state index in [0.29, 0.717) is 6.04 Å². The summed E-state index contributed by atoms with van der Waals surface area (Å²) >= 11 is 3.42. The van der Waals surface area contributed by atoms with E-state index in [0.717, 1.165) is 11.1 Å². The van der Waals surface area contributed by atoms with Crippen molar-refractivity contribution >= 4 is 21.7 Å². The smallest absolute Gasteiger partial charge is 0.151 e. The van der Waals surface area contributed by atoms with Crippen molar-refractivity contribution in [3.63, 3.8) is 0 Å². The van der Waals surface area contributed by atoms with Crippen molar-refractivity contribution in [3.8, 4) is 0 Å². The molecule has 1 heterocycles. The van der Waals surface area contributed by atoms with Crippen LogP contribution in [0.15, 0.2) is 18.3 Å². The molecule has 0 aromatic carbocycles. The van der Waals surface area contributed by atoms with E-state index in [9.17, 15) is 0 Å². The molecular weight excluding hydrogens is 218 g/mol. The first-order chi connectivity index (χ1) is 5.75. The van der Waals surface area contributed by atoms with Gasteiger partial charge >= 0.3 is 0 Å². The third kappa shape index (κ3) is 2.17. The Labute approximate surface area is 80.9 Å². The Morgan fingerprint density at radius 1 is 1.67 bits per heavy atom. The first-order valence-electron chi connectivity index (χ1n) is 3.82. The van der Waals surface area contributed by atoms with Crippen LogP contribution in [0.4, 0.5) is 5.82 Å². The average molecular weight is 230 g/mol. The van der Waals surface area contributed by atoms with Crippen molar-refractivity contribution in [2.75, 3.05) is 17.3 Å². The summed E-state index contributed by atoms with van der Waals surface area (Å²) in [5.74, 6) is 0.907. The fourth-order valence-electron chi connectivity index (χ4n) is 0.811. The highest BCUT2D eigenvalue weighted by Gasteiger charge is 2.08. The molecule has 66 valence electrons. The highest BCUT2D eigenvalue weighted by atomic mass is 79.9. The number of anilines is 1. The van der Waals surface area contributed by atoms with Gasteiger partial charge in [0, 0.05) is 24.6 Å². The second-order valence-corrected chi connectivity index (χ2v) is 3.34. The zero-order chi connectivity index (χ0) is 8.97. The van der Waals surface area contributed by atoms with Gasteiger partial charge in [-0.3, -0.25) is 0 Å². The van der Waals surface area contributed by atoms with Crippen LogP contribution in [0.5, 0.6) is 0 Å². The lowest BCUT2D eigenvalue weighted by molar-refractivity contribution is 0.747. The molecule has 0 bridgehead atoms. The standard InChI is InChI=1S/C8H12BrN3/c1-7(6-9)12(2)8-4-3-5-10-11-8/h3-5,7H,6H2,1-2H3. The fraction of sp³-hybridized carbons (Fsp3) is 0.500. The lowest BCUT2D eigenvalue weighted by atomic mass is 10.3. The minimum atomic E-state index is 0.432. The maximum atomic E-state index is 4.00. The molecule has 0 amide bonds. The second-order valence-electron chi connectivity index (χ2n) is 2.70. The highest BCUT2D eigenvalue weighted by molar-refractivity contribution is 9.09. The molecule has 0 N–H and O–H groups in total. The third-order valence-electron chi connectivity index (χ3n) is 1.80. The molecule has 1 aromatic rings. The summed E-state index contributed by atoms with van der Waals surface area (Å²) in [6, 6.07) is 4.27. The summed E-state index contributed by atoms with van der Waals surface area (Å²) in [6.45, 7) is 2.13. The molecule has 1 unspecified atom stereocenters. The molecule has 3 nitrogen and oxygen atoms in total. The van der Waals surface area contributed by atoms with Crippen LogP contribution in [-0.2, 0) is 0 Å². The molecule has 0 fully saturated rings. The molecular formula is C8H12BrN3. The topological polar surface area (TPSA) is 29.0 Å². The molecule has 0 aliphatic heterocycles. The largest absolute Gasteiger partial charge is 0.355 e. The molecule has 4 heteroatoms. The van der Waals surface area contributed by atoms with E-state index in [4.69, 9.17) is 0 Å². The van der Waals surface area contributed by atoms with Crippen LogP contribution >= 0.6 is 15.9 Å². The molecule has 0 aliphatic carbocycles. The van der Waals surface area contributed by atoms with Crippen LogP contribution in [0.2, 0.25) is 0 Å². The quantitative estimate of drug-likeness (QED) is 0.740. The predicted molar refractivity (Wildman–Crippen MR) is 53.7 cm³/mol. The predicted octanol–water partition coefficient (Wildman–Crippen LogP) is 1.70. The van der Waals surface area contributed by atoms with E-state index < -0.39 is 0 Å². The molecule has 1 atom stereocenters. The lowest BCUT2D eigenvalue weighted by Gasteiger charge is -2.23. The molecule has 0 saturated carbocycles. The van der Waals surface area contributed by atoms with Gasteiger partial charge in [-0.25, -0.2) is 0 Å². The van der Waals surface area contributed by atoms with E-state index in [2.05, 4.69) is 38.0 Å². The van der Waals surface area contributed by atoms with Gasteiger partial charge in [-0.15, -0.1) is 5.10 Å². The number of hydrogen-bond donors (Lipinski definition) is 0. The van der Waals surface area contributed by atoms with Gasteiger partial charge in [-0.05, 0) is 19.1 Å². The van der Waals surface area contributed by atoms with Crippen molar-refractivity contribution in [2.45, 2.75) is 13.0 Å². The van der Waals surface area contributed by atoms with Crippen molar-refractivity contribution < 1.29 is 0 Å². The van der Waals surface area contributed by atoms with Crippen LogP contribution < -0.4 is 4.90 Å². The van der Waals surface area contributed by atoms with Gasteiger partial charge in [0.1, 0.15) is 0 Å². The normalized spacial score (nSPS) is 12.6. The van der Waals surface area contributed by atoms with Crippen LogP contribution in [0.1, 0.15) is 6.92 Å². The van der Waals surface area contributed by atoms with Gasteiger partial charge in [-0.2, -0.15) is 5.10 Å². The van der Waals surface area contributed by atoms with Crippen LogP contribution in [0, 0.1) is 0 Å². The van der Waals surface area contributed by atoms with Crippen molar-refractivity contribution in [3.05, 3.63) is 18.3 Å². The van der Waals surface area contributed by atoms with Crippen molar-refractivity contribution in [1.82, 2.24) is 10.2 Å². The SMILES string of the molecule is CC(CBr)N(C)c1cccnn1. The third-order valence-corrected chi connectivity index (χ3v) is 2.74. The summed E-state index contributed by atoms with van der Waals surface area (Å²) < 4.78 is 0. The molecule has 12 heavy (non-hydrogen) atoms. The summed E-state index contributed by atoms with van der Waals surface area (Å²) in [5, 5.41) is 8.75. The Bertz CT molecular complexity index is 227. The Balaban J connectivity index is 2.71. The zero-order valence-corrected chi connectivity index (χ0v) is 8.82. The summed E-state index contributed by atoms with van der Waals surface area (Å²) in [4.78, 5) is 2.09. The molecule has 0 aliphatic rings. The number of hydrogen-bond acceptors (Lipinski definition) is 3. The first-order valence-corrected chi connectivity index (χ1v) is 4.94. The van der Waals surface area contributed by atoms with Gasteiger partial charge in [-0.1, -0.05) is 15.9 Å². The minimum absolute atomic E-state index is 0.432. The number of alkyl halides is 1. The monoisotopic (exact) mass is 229 g/mol. The van der Waals surface area contributed by atoms with Gasteiger partial charge in [0.15, 0.2) is 5.82 Å². The number of nitrogens with zero attached hydrogens (tertiary/aromatic N) is 3. The number of halogens is 1. The Morgan fingerprint density at radius 2 is 2.42 bits per heavy atom. The molecule has 1 rings (SSSR count). The highest BCUT2D eigenvalue weighted by Crippen LogP contribution is 2.10. The average Bonchev–Trinajstić information content (AvgIpc) is 2.17. The lowest BCUT2D eigenvalue weighted by Crippen LogP contribution is -2.30. The Morgan fingerprint density at radius 3 is 2.92 bits per heavy atom. The van der Waals surface area contributed by atoms with Gasteiger partial charge in [0.2, 0.25) is 0 Å². The number of rotatable bonds is 3.